The third-order valence-electron chi connectivity index (χ3n) is 3.11. The number of hydrogen-bond donors (Lipinski definition) is 1. The first-order chi connectivity index (χ1) is 9.99. The van der Waals surface area contributed by atoms with Gasteiger partial charge in [-0.3, -0.25) is 9.59 Å². The lowest BCUT2D eigenvalue weighted by atomic mass is 10.2. The van der Waals surface area contributed by atoms with Crippen LogP contribution in [0.1, 0.15) is 23.4 Å². The average Bonchev–Trinajstić information content (AvgIpc) is 2.76. The molecule has 0 atom stereocenters. The van der Waals surface area contributed by atoms with E-state index in [1.54, 1.807) is 26.0 Å². The van der Waals surface area contributed by atoms with Gasteiger partial charge in [0.25, 0.3) is 5.56 Å². The Kier molecular flexibility index (Phi) is 4.42. The first kappa shape index (κ1) is 14.8. The quantitative estimate of drug-likeness (QED) is 0.867. The largest absolute Gasteiger partial charge is 0.483 e. The molecule has 21 heavy (non-hydrogen) atoms. The highest BCUT2D eigenvalue weighted by molar-refractivity contribution is 5.66. The molecule has 2 rings (SSSR count). The summed E-state index contributed by atoms with van der Waals surface area (Å²) in [5.74, 6) is -0.138. The highest BCUT2D eigenvalue weighted by Gasteiger charge is 2.11. The molecule has 0 aliphatic heterocycles. The van der Waals surface area contributed by atoms with E-state index >= 15 is 0 Å². The van der Waals surface area contributed by atoms with Gasteiger partial charge >= 0.3 is 5.97 Å². The van der Waals surface area contributed by atoms with Crippen LogP contribution in [0.15, 0.2) is 27.6 Å². The maximum Gasteiger partial charge on any atom is 0.305 e. The van der Waals surface area contributed by atoms with E-state index in [2.05, 4.69) is 5.16 Å². The van der Waals surface area contributed by atoms with E-state index in [0.717, 1.165) is 11.3 Å². The normalized spacial score (nSPS) is 10.6. The molecule has 2 heterocycles. The van der Waals surface area contributed by atoms with Gasteiger partial charge in [0.15, 0.2) is 5.75 Å². The first-order valence-electron chi connectivity index (χ1n) is 6.45. The molecule has 2 aromatic heterocycles. The average molecular weight is 292 g/mol. The zero-order valence-electron chi connectivity index (χ0n) is 11.8. The Hall–Kier alpha value is -2.57. The van der Waals surface area contributed by atoms with Crippen LogP contribution in [0.25, 0.3) is 0 Å². The van der Waals surface area contributed by atoms with E-state index in [9.17, 15) is 9.59 Å². The van der Waals surface area contributed by atoms with Crippen molar-refractivity contribution in [2.75, 3.05) is 0 Å². The Balaban J connectivity index is 2.12. The molecule has 112 valence electrons. The number of carbonyl (C=O) groups is 1. The molecule has 0 saturated carbocycles. The number of ether oxygens (including phenoxy) is 1. The number of nitrogens with zero attached hydrogens (tertiary/aromatic N) is 2. The summed E-state index contributed by atoms with van der Waals surface area (Å²) in [4.78, 5) is 22.7. The highest BCUT2D eigenvalue weighted by Crippen LogP contribution is 2.14. The van der Waals surface area contributed by atoms with Crippen molar-refractivity contribution in [2.45, 2.75) is 33.4 Å². The summed E-state index contributed by atoms with van der Waals surface area (Å²) in [6, 6.07) is 3.20. The summed E-state index contributed by atoms with van der Waals surface area (Å²) >= 11 is 0. The summed E-state index contributed by atoms with van der Waals surface area (Å²) in [6.45, 7) is 3.86. The fourth-order valence-corrected chi connectivity index (χ4v) is 1.87. The van der Waals surface area contributed by atoms with Crippen molar-refractivity contribution in [3.05, 3.63) is 45.7 Å². The Morgan fingerprint density at radius 1 is 1.48 bits per heavy atom. The number of aliphatic carboxylic acids is 1. The lowest BCUT2D eigenvalue weighted by Crippen LogP contribution is -2.22. The van der Waals surface area contributed by atoms with Gasteiger partial charge in [-0.15, -0.1) is 0 Å². The number of aryl methyl sites for hydroxylation is 3. The molecule has 7 nitrogen and oxygen atoms in total. The molecule has 0 aromatic carbocycles. The Bertz CT molecular complexity index is 682. The predicted molar refractivity (Wildman–Crippen MR) is 73.3 cm³/mol. The molecule has 0 saturated heterocycles. The third-order valence-corrected chi connectivity index (χ3v) is 3.11. The van der Waals surface area contributed by atoms with Crippen LogP contribution >= 0.6 is 0 Å². The zero-order chi connectivity index (χ0) is 15.4. The Morgan fingerprint density at radius 3 is 2.86 bits per heavy atom. The van der Waals surface area contributed by atoms with Gasteiger partial charge in [-0.25, -0.2) is 0 Å². The number of pyridine rings is 1. The second kappa shape index (κ2) is 6.25. The minimum absolute atomic E-state index is 0.108. The van der Waals surface area contributed by atoms with Crippen molar-refractivity contribution in [3.8, 4) is 5.75 Å². The van der Waals surface area contributed by atoms with E-state index in [-0.39, 0.29) is 30.9 Å². The van der Waals surface area contributed by atoms with Crippen molar-refractivity contribution in [3.63, 3.8) is 0 Å². The topological polar surface area (TPSA) is 94.6 Å². The van der Waals surface area contributed by atoms with Crippen LogP contribution in [0.2, 0.25) is 0 Å². The lowest BCUT2D eigenvalue weighted by Gasteiger charge is -2.08. The summed E-state index contributed by atoms with van der Waals surface area (Å²) in [6.07, 6.45) is 1.42. The van der Waals surface area contributed by atoms with Gasteiger partial charge in [0.1, 0.15) is 12.4 Å². The Labute approximate surface area is 120 Å². The van der Waals surface area contributed by atoms with E-state index in [1.807, 2.05) is 0 Å². The maximum absolute atomic E-state index is 12.1. The van der Waals surface area contributed by atoms with Gasteiger partial charge in [-0.05, 0) is 26.0 Å². The highest BCUT2D eigenvalue weighted by atomic mass is 16.5. The van der Waals surface area contributed by atoms with Crippen LogP contribution in [0, 0.1) is 13.8 Å². The van der Waals surface area contributed by atoms with Gasteiger partial charge < -0.3 is 18.9 Å². The van der Waals surface area contributed by atoms with E-state index in [1.165, 1.54) is 10.8 Å². The van der Waals surface area contributed by atoms with Gasteiger partial charge in [-0.1, -0.05) is 5.16 Å². The molecule has 0 amide bonds. The van der Waals surface area contributed by atoms with Crippen molar-refractivity contribution in [1.82, 2.24) is 9.72 Å². The van der Waals surface area contributed by atoms with Crippen LogP contribution in [-0.4, -0.2) is 20.8 Å². The van der Waals surface area contributed by atoms with Crippen LogP contribution in [0.3, 0.4) is 0 Å². The number of hydrogen-bond acceptors (Lipinski definition) is 5. The third kappa shape index (κ3) is 3.50. The molecular weight excluding hydrogens is 276 g/mol. The smallest absolute Gasteiger partial charge is 0.305 e. The molecule has 7 heteroatoms. The molecule has 0 bridgehead atoms. The van der Waals surface area contributed by atoms with Crippen LogP contribution in [-0.2, 0) is 17.9 Å². The molecule has 2 aromatic rings. The summed E-state index contributed by atoms with van der Waals surface area (Å²) in [5, 5.41) is 12.5. The minimum atomic E-state index is -0.955. The summed E-state index contributed by atoms with van der Waals surface area (Å²) in [5.41, 5.74) is 1.16. The Morgan fingerprint density at radius 2 is 2.24 bits per heavy atom. The molecule has 0 fully saturated rings. The number of carboxylic acids is 1. The molecule has 0 spiro atoms. The van der Waals surface area contributed by atoms with Crippen LogP contribution in [0.4, 0.5) is 0 Å². The molecular formula is C14H16N2O5. The SMILES string of the molecule is Cc1noc(C)c1COc1cccn(CCC(=O)O)c1=O. The fourth-order valence-electron chi connectivity index (χ4n) is 1.87. The first-order valence-corrected chi connectivity index (χ1v) is 6.45. The van der Waals surface area contributed by atoms with Crippen molar-refractivity contribution in [2.24, 2.45) is 0 Å². The molecule has 0 aliphatic rings. The van der Waals surface area contributed by atoms with Gasteiger partial charge in [0, 0.05) is 12.7 Å². The van der Waals surface area contributed by atoms with Gasteiger partial charge in [-0.2, -0.15) is 0 Å². The van der Waals surface area contributed by atoms with Crippen molar-refractivity contribution >= 4 is 5.97 Å². The number of rotatable bonds is 6. The molecule has 0 aliphatic carbocycles. The van der Waals surface area contributed by atoms with Crippen LogP contribution in [0.5, 0.6) is 5.75 Å². The minimum Gasteiger partial charge on any atom is -0.483 e. The zero-order valence-corrected chi connectivity index (χ0v) is 11.8. The summed E-state index contributed by atoms with van der Waals surface area (Å²) < 4.78 is 11.8. The van der Waals surface area contributed by atoms with Crippen molar-refractivity contribution < 1.29 is 19.2 Å². The number of aromatic nitrogens is 2. The van der Waals surface area contributed by atoms with Gasteiger partial charge in [0.2, 0.25) is 0 Å². The second-order valence-electron chi connectivity index (χ2n) is 4.61. The van der Waals surface area contributed by atoms with E-state index in [4.69, 9.17) is 14.4 Å². The lowest BCUT2D eigenvalue weighted by molar-refractivity contribution is -0.137. The van der Waals surface area contributed by atoms with Crippen molar-refractivity contribution in [1.29, 1.82) is 0 Å². The molecule has 0 unspecified atom stereocenters. The van der Waals surface area contributed by atoms with E-state index in [0.29, 0.717) is 5.76 Å². The fraction of sp³-hybridized carbons (Fsp3) is 0.357. The number of carboxylic acid groups (broad SMARTS) is 1. The van der Waals surface area contributed by atoms with E-state index < -0.39 is 5.97 Å². The molecule has 0 radical (unpaired) electrons. The summed E-state index contributed by atoms with van der Waals surface area (Å²) in [7, 11) is 0. The molecule has 1 N–H and O–H groups in total. The second-order valence-corrected chi connectivity index (χ2v) is 4.61. The predicted octanol–water partition coefficient (Wildman–Crippen LogP) is 1.51. The van der Waals surface area contributed by atoms with Gasteiger partial charge in [0.05, 0.1) is 17.7 Å². The maximum atomic E-state index is 12.1. The monoisotopic (exact) mass is 292 g/mol. The standard InChI is InChI=1S/C14H16N2O5/c1-9-11(10(2)21-15-9)8-20-12-4-3-6-16(14(12)19)7-5-13(17)18/h3-4,6H,5,7-8H2,1-2H3,(H,17,18). The van der Waals surface area contributed by atoms with Crippen LogP contribution < -0.4 is 10.3 Å².